The number of hydrogen-bond acceptors (Lipinski definition) is 3. The van der Waals surface area contributed by atoms with Crippen molar-refractivity contribution in [3.63, 3.8) is 0 Å². The first kappa shape index (κ1) is 21.9. The summed E-state index contributed by atoms with van der Waals surface area (Å²) in [7, 11) is 1.68. The van der Waals surface area contributed by atoms with E-state index < -0.39 is 0 Å². The highest BCUT2D eigenvalue weighted by Crippen LogP contribution is 2.52. The maximum absolute atomic E-state index is 14.1. The van der Waals surface area contributed by atoms with Gasteiger partial charge in [0.2, 0.25) is 0 Å². The fraction of sp³-hybridized carbons (Fsp3) is 0.267. The van der Waals surface area contributed by atoms with Crippen LogP contribution in [0.1, 0.15) is 51.1 Å². The Morgan fingerprint density at radius 3 is 1.89 bits per heavy atom. The van der Waals surface area contributed by atoms with E-state index in [1.807, 2.05) is 0 Å². The zero-order valence-electron chi connectivity index (χ0n) is 19.9. The molecule has 7 rings (SSSR count). The van der Waals surface area contributed by atoms with E-state index in [9.17, 15) is 9.59 Å². The van der Waals surface area contributed by atoms with Crippen molar-refractivity contribution in [1.82, 2.24) is 4.57 Å². The van der Waals surface area contributed by atoms with Gasteiger partial charge >= 0.3 is 0 Å². The van der Waals surface area contributed by atoms with Crippen molar-refractivity contribution in [1.29, 1.82) is 0 Å². The Hall–Kier alpha value is -2.38. The molecule has 3 nitrogen and oxygen atoms in total. The normalized spacial score (nSPS) is 13.1. The Morgan fingerprint density at radius 1 is 0.743 bits per heavy atom. The molecule has 174 valence electrons. The minimum Gasteiger partial charge on any atom is -0.271 e. The van der Waals surface area contributed by atoms with Crippen LogP contribution in [0.2, 0.25) is 0 Å². The third-order valence-corrected chi connectivity index (χ3v) is 10.1. The van der Waals surface area contributed by atoms with Crippen LogP contribution in [0.4, 0.5) is 0 Å². The lowest BCUT2D eigenvalue weighted by Gasteiger charge is -2.15. The van der Waals surface area contributed by atoms with E-state index in [-0.39, 0.29) is 17.2 Å². The number of fused-ring (bicyclic) bond motifs is 3. The van der Waals surface area contributed by atoms with E-state index in [0.29, 0.717) is 10.8 Å². The molecule has 0 atom stereocenters. The Labute approximate surface area is 218 Å². The summed E-state index contributed by atoms with van der Waals surface area (Å²) < 4.78 is 1.60. The van der Waals surface area contributed by atoms with Crippen LogP contribution in [-0.4, -0.2) is 4.57 Å². The molecule has 7 aromatic rings. The highest BCUT2D eigenvalue weighted by atomic mass is 127. The number of hydrogen-bond donors (Lipinski definition) is 0. The van der Waals surface area contributed by atoms with Gasteiger partial charge in [0.1, 0.15) is 0 Å². The van der Waals surface area contributed by atoms with E-state index in [4.69, 9.17) is 0 Å². The summed E-state index contributed by atoms with van der Waals surface area (Å²) in [6, 6.07) is 13.1. The monoisotopic (exact) mass is 589 g/mol. The number of halogens is 1. The van der Waals surface area contributed by atoms with Crippen molar-refractivity contribution >= 4 is 94.8 Å². The molecule has 0 N–H and O–H groups in total. The molecule has 0 unspecified atom stereocenters. The average Bonchev–Trinajstić information content (AvgIpc) is 3.35. The average molecular weight is 589 g/mol. The van der Waals surface area contributed by atoms with Gasteiger partial charge in [-0.2, -0.15) is 0 Å². The number of rotatable bonds is 6. The summed E-state index contributed by atoms with van der Waals surface area (Å²) in [6.45, 7) is 6.38. The molecule has 0 aliphatic carbocycles. The molecule has 0 spiro atoms. The minimum atomic E-state index is -0.108. The van der Waals surface area contributed by atoms with Gasteiger partial charge in [0.15, 0.2) is 0 Å². The lowest BCUT2D eigenvalue weighted by Crippen LogP contribution is -2.30. The molecule has 0 amide bonds. The van der Waals surface area contributed by atoms with E-state index in [1.54, 1.807) is 13.5 Å². The van der Waals surface area contributed by atoms with Crippen molar-refractivity contribution in [3.8, 4) is 0 Å². The third-order valence-electron chi connectivity index (χ3n) is 8.15. The summed E-state index contributed by atoms with van der Waals surface area (Å²) >= 11 is 2.34. The molecule has 0 bridgehead atoms. The van der Waals surface area contributed by atoms with Gasteiger partial charge in [-0.15, -0.1) is 0 Å². The van der Waals surface area contributed by atoms with Gasteiger partial charge in [0.05, 0.1) is 10.8 Å². The zero-order chi connectivity index (χ0) is 24.2. The zero-order valence-corrected chi connectivity index (χ0v) is 22.9. The van der Waals surface area contributed by atoms with Gasteiger partial charge in [-0.25, -0.2) is 0 Å². The molecule has 0 saturated heterocycles. The first-order valence-corrected chi connectivity index (χ1v) is 15.8. The van der Waals surface area contributed by atoms with E-state index in [0.717, 1.165) is 57.7 Å². The van der Waals surface area contributed by atoms with E-state index in [2.05, 4.69) is 78.4 Å². The molecule has 1 aromatic heterocycles. The largest absolute Gasteiger partial charge is 0.271 e. The van der Waals surface area contributed by atoms with Gasteiger partial charge in [0, 0.05) is 32.1 Å². The fourth-order valence-corrected chi connectivity index (χ4v) is 8.32. The van der Waals surface area contributed by atoms with E-state index in [1.165, 1.54) is 32.3 Å². The molecular weight excluding hydrogens is 565 g/mol. The highest BCUT2D eigenvalue weighted by molar-refractivity contribution is 14.2. The predicted octanol–water partition coefficient (Wildman–Crippen LogP) is 8.77. The summed E-state index contributed by atoms with van der Waals surface area (Å²) in [5.74, 6) is 0. The summed E-state index contributed by atoms with van der Waals surface area (Å²) in [4.78, 5) is 29.4. The van der Waals surface area contributed by atoms with Crippen LogP contribution in [0.5, 0.6) is 0 Å². The van der Waals surface area contributed by atoms with E-state index >= 15 is 0 Å². The van der Waals surface area contributed by atoms with Gasteiger partial charge in [-0.3, -0.25) is 14.2 Å². The lowest BCUT2D eigenvalue weighted by molar-refractivity contribution is 0.413. The van der Waals surface area contributed by atoms with Crippen LogP contribution in [-0.2, 0) is 0 Å². The number of benzene rings is 5. The van der Waals surface area contributed by atoms with Gasteiger partial charge in [-0.1, -0.05) is 59.9 Å². The molecule has 35 heavy (non-hydrogen) atoms. The first-order valence-electron chi connectivity index (χ1n) is 12.4. The maximum Gasteiger partial charge on any atom is 0.262 e. The second-order valence-corrected chi connectivity index (χ2v) is 11.9. The minimum absolute atomic E-state index is 0.0480. The Kier molecular flexibility index (Phi) is 4.72. The number of aryl methyl sites for hydroxylation is 1. The molecule has 0 aliphatic rings. The maximum atomic E-state index is 14.1. The Balaban J connectivity index is 1.84. The standard InChI is InChI=1S/C30H24INO2S/c1-4-6-16(7-5-2)32-29(33)27-19-12-14(3)17-10-8-15-9-11-18-21(35-31)13-20(28(27)30(32)34)26-24(18)22(15)23(17)25(19)26/h8-13,16H,4-7H2,1-3H3. The van der Waals surface area contributed by atoms with Crippen molar-refractivity contribution < 1.29 is 0 Å². The summed E-state index contributed by atoms with van der Waals surface area (Å²) in [5, 5.41) is 12.9. The van der Waals surface area contributed by atoms with Gasteiger partial charge in [0.25, 0.3) is 11.1 Å². The lowest BCUT2D eigenvalue weighted by atomic mass is 9.93. The SMILES string of the molecule is CCCC(CCC)n1c(=O)c2c3cc(C)c4ccc5ccc6c(SI)cc(c2c1=O)c1c6c5c4c31. The molecule has 0 aliphatic heterocycles. The second-order valence-electron chi connectivity index (χ2n) is 10.0. The smallest absolute Gasteiger partial charge is 0.262 e. The molecule has 1 heterocycles. The Morgan fingerprint density at radius 2 is 1.29 bits per heavy atom. The molecular formula is C30H24INO2S. The van der Waals surface area contributed by atoms with Crippen LogP contribution in [0.25, 0.3) is 64.6 Å². The topological polar surface area (TPSA) is 39.1 Å². The van der Waals surface area contributed by atoms with Gasteiger partial charge in [-0.05, 0) is 91.3 Å². The van der Waals surface area contributed by atoms with Crippen molar-refractivity contribution in [2.24, 2.45) is 0 Å². The second kappa shape index (κ2) is 7.56. The Bertz CT molecular complexity index is 2020. The van der Waals surface area contributed by atoms with Crippen LogP contribution in [0.3, 0.4) is 0 Å². The number of aromatic nitrogens is 1. The third kappa shape index (κ3) is 2.58. The highest BCUT2D eigenvalue weighted by Gasteiger charge is 2.29. The molecule has 0 saturated carbocycles. The van der Waals surface area contributed by atoms with Gasteiger partial charge < -0.3 is 0 Å². The van der Waals surface area contributed by atoms with Crippen LogP contribution >= 0.6 is 30.1 Å². The van der Waals surface area contributed by atoms with Crippen molar-refractivity contribution in [2.45, 2.75) is 57.4 Å². The molecule has 5 heteroatoms. The van der Waals surface area contributed by atoms with Crippen molar-refractivity contribution in [3.05, 3.63) is 62.7 Å². The van der Waals surface area contributed by atoms with Crippen molar-refractivity contribution in [2.75, 3.05) is 0 Å². The van der Waals surface area contributed by atoms with Crippen LogP contribution in [0, 0.1) is 6.92 Å². The quantitative estimate of drug-likeness (QED) is 0.144. The first-order chi connectivity index (χ1) is 17.0. The summed E-state index contributed by atoms with van der Waals surface area (Å²) in [6.07, 6.45) is 3.59. The molecule has 0 radical (unpaired) electrons. The molecule has 0 fully saturated rings. The predicted molar refractivity (Wildman–Crippen MR) is 160 cm³/mol. The van der Waals surface area contributed by atoms with Crippen LogP contribution < -0.4 is 11.1 Å². The van der Waals surface area contributed by atoms with Crippen LogP contribution in [0.15, 0.2) is 50.9 Å². The molecule has 6 aromatic carbocycles. The number of nitrogens with zero attached hydrogens (tertiary/aromatic N) is 1. The summed E-state index contributed by atoms with van der Waals surface area (Å²) in [5.41, 5.74) is 0.939. The fourth-order valence-electron chi connectivity index (χ4n) is 6.81.